The van der Waals surface area contributed by atoms with Crippen molar-refractivity contribution < 1.29 is 0 Å². The molecule has 13 heavy (non-hydrogen) atoms. The summed E-state index contributed by atoms with van der Waals surface area (Å²) in [6, 6.07) is 2.58. The quantitative estimate of drug-likeness (QED) is 0.752. The van der Waals surface area contributed by atoms with E-state index < -0.39 is 0 Å². The second-order valence-electron chi connectivity index (χ2n) is 3.63. The molecule has 1 saturated heterocycles. The number of rotatable bonds is 1. The van der Waals surface area contributed by atoms with Crippen LogP contribution in [0, 0.1) is 0 Å². The van der Waals surface area contributed by atoms with Crippen molar-refractivity contribution in [2.24, 2.45) is 0 Å². The number of hydrogen-bond donors (Lipinski definition) is 0. The molecule has 0 aromatic carbocycles. The van der Waals surface area contributed by atoms with E-state index in [2.05, 4.69) is 37.7 Å². The lowest BCUT2D eigenvalue weighted by Gasteiger charge is -2.29. The van der Waals surface area contributed by atoms with E-state index in [1.54, 1.807) is 0 Å². The smallest absolute Gasteiger partial charge is 0.104 e. The third-order valence-corrected chi connectivity index (χ3v) is 3.28. The number of likely N-dealkylation sites (tertiary alicyclic amines) is 1. The summed E-state index contributed by atoms with van der Waals surface area (Å²) in [5, 5.41) is 4.32. The number of aromatic nitrogens is 2. The Morgan fingerprint density at radius 3 is 2.69 bits per heavy atom. The summed E-state index contributed by atoms with van der Waals surface area (Å²) in [5.41, 5.74) is 0. The van der Waals surface area contributed by atoms with Crippen LogP contribution in [0.25, 0.3) is 0 Å². The van der Waals surface area contributed by atoms with Crippen LogP contribution in [0.3, 0.4) is 0 Å². The Morgan fingerprint density at radius 1 is 1.46 bits per heavy atom. The third-order valence-electron chi connectivity index (χ3n) is 2.66. The van der Waals surface area contributed by atoms with Crippen molar-refractivity contribution >= 4 is 15.9 Å². The average molecular weight is 244 g/mol. The fourth-order valence-corrected chi connectivity index (χ4v) is 2.31. The molecule has 0 saturated carbocycles. The van der Waals surface area contributed by atoms with Gasteiger partial charge in [-0.15, -0.1) is 0 Å². The molecule has 1 aromatic rings. The van der Waals surface area contributed by atoms with Gasteiger partial charge < -0.3 is 4.90 Å². The van der Waals surface area contributed by atoms with Gasteiger partial charge in [0, 0.05) is 0 Å². The van der Waals surface area contributed by atoms with Crippen molar-refractivity contribution in [3.8, 4) is 0 Å². The van der Waals surface area contributed by atoms with Gasteiger partial charge in [-0.3, -0.25) is 4.68 Å². The van der Waals surface area contributed by atoms with Gasteiger partial charge in [-0.05, 0) is 55.0 Å². The highest BCUT2D eigenvalue weighted by Gasteiger charge is 2.19. The van der Waals surface area contributed by atoms with Crippen LogP contribution in [0.2, 0.25) is 0 Å². The molecular formula is C9H14BrN3. The first-order chi connectivity index (χ1) is 6.27. The van der Waals surface area contributed by atoms with Crippen LogP contribution < -0.4 is 0 Å². The van der Waals surface area contributed by atoms with E-state index in [0.29, 0.717) is 6.04 Å². The molecule has 0 radical (unpaired) electrons. The Labute approximate surface area is 86.8 Å². The Kier molecular flexibility index (Phi) is 2.69. The first-order valence-corrected chi connectivity index (χ1v) is 5.44. The maximum absolute atomic E-state index is 4.32. The number of hydrogen-bond acceptors (Lipinski definition) is 2. The summed E-state index contributed by atoms with van der Waals surface area (Å²) >= 11 is 3.50. The molecule has 4 heteroatoms. The van der Waals surface area contributed by atoms with E-state index in [4.69, 9.17) is 0 Å². The number of halogens is 1. The zero-order valence-electron chi connectivity index (χ0n) is 7.78. The minimum atomic E-state index is 0.584. The Bertz CT molecular complexity index is 276. The van der Waals surface area contributed by atoms with E-state index in [1.165, 1.54) is 25.9 Å². The molecule has 1 aromatic heterocycles. The number of nitrogens with zero attached hydrogens (tertiary/aromatic N) is 3. The van der Waals surface area contributed by atoms with Gasteiger partial charge in [-0.1, -0.05) is 0 Å². The van der Waals surface area contributed by atoms with Crippen molar-refractivity contribution in [1.82, 2.24) is 14.7 Å². The predicted molar refractivity (Wildman–Crippen MR) is 55.7 cm³/mol. The molecule has 72 valence electrons. The van der Waals surface area contributed by atoms with Gasteiger partial charge in [0.25, 0.3) is 0 Å². The molecule has 3 nitrogen and oxygen atoms in total. The first kappa shape index (κ1) is 9.21. The van der Waals surface area contributed by atoms with Gasteiger partial charge in [0.05, 0.1) is 12.2 Å². The lowest BCUT2D eigenvalue weighted by Crippen LogP contribution is -2.31. The van der Waals surface area contributed by atoms with Crippen LogP contribution in [0.1, 0.15) is 18.9 Å². The highest BCUT2D eigenvalue weighted by molar-refractivity contribution is 9.10. The van der Waals surface area contributed by atoms with E-state index in [1.807, 2.05) is 12.3 Å². The van der Waals surface area contributed by atoms with Crippen molar-refractivity contribution in [3.63, 3.8) is 0 Å². The summed E-state index contributed by atoms with van der Waals surface area (Å²) in [6.07, 6.45) is 4.26. The van der Waals surface area contributed by atoms with Crippen LogP contribution >= 0.6 is 15.9 Å². The van der Waals surface area contributed by atoms with Crippen molar-refractivity contribution in [1.29, 1.82) is 0 Å². The number of piperidine rings is 1. The predicted octanol–water partition coefficient (Wildman–Crippen LogP) is 1.91. The molecule has 0 amide bonds. The Balaban J connectivity index is 2.06. The highest BCUT2D eigenvalue weighted by atomic mass is 79.9. The molecule has 2 rings (SSSR count). The average Bonchev–Trinajstić information content (AvgIpc) is 2.53. The standard InChI is InChI=1S/C9H14BrN3/c1-12-6-3-8(4-7-12)13-9(10)2-5-11-13/h2,5,8H,3-4,6-7H2,1H3. The molecule has 0 N–H and O–H groups in total. The summed E-state index contributed by atoms with van der Waals surface area (Å²) in [7, 11) is 2.17. The van der Waals surface area contributed by atoms with Crippen LogP contribution in [0.15, 0.2) is 16.9 Å². The third kappa shape index (κ3) is 1.94. The normalized spacial score (nSPS) is 20.8. The summed E-state index contributed by atoms with van der Waals surface area (Å²) < 4.78 is 3.19. The highest BCUT2D eigenvalue weighted by Crippen LogP contribution is 2.24. The minimum absolute atomic E-state index is 0.584. The lowest BCUT2D eigenvalue weighted by molar-refractivity contribution is 0.210. The van der Waals surface area contributed by atoms with Crippen LogP contribution in [-0.2, 0) is 0 Å². The van der Waals surface area contributed by atoms with Crippen LogP contribution in [0.5, 0.6) is 0 Å². The Hall–Kier alpha value is -0.350. The van der Waals surface area contributed by atoms with E-state index in [0.717, 1.165) is 4.60 Å². The summed E-state index contributed by atoms with van der Waals surface area (Å²) in [6.45, 7) is 2.36. The second-order valence-corrected chi connectivity index (χ2v) is 4.45. The molecule has 0 atom stereocenters. The zero-order chi connectivity index (χ0) is 9.26. The van der Waals surface area contributed by atoms with Crippen LogP contribution in [-0.4, -0.2) is 34.8 Å². The SMILES string of the molecule is CN1CCC(n2nccc2Br)CC1. The lowest BCUT2D eigenvalue weighted by atomic mass is 10.1. The van der Waals surface area contributed by atoms with Gasteiger partial charge in [0.15, 0.2) is 0 Å². The molecule has 1 aliphatic heterocycles. The van der Waals surface area contributed by atoms with Gasteiger partial charge >= 0.3 is 0 Å². The van der Waals surface area contributed by atoms with E-state index in [-0.39, 0.29) is 0 Å². The van der Waals surface area contributed by atoms with Crippen LogP contribution in [0.4, 0.5) is 0 Å². The molecule has 2 heterocycles. The Morgan fingerprint density at radius 2 is 2.15 bits per heavy atom. The second kappa shape index (κ2) is 3.80. The maximum atomic E-state index is 4.32. The van der Waals surface area contributed by atoms with Crippen molar-refractivity contribution in [3.05, 3.63) is 16.9 Å². The van der Waals surface area contributed by atoms with E-state index in [9.17, 15) is 0 Å². The summed E-state index contributed by atoms with van der Waals surface area (Å²) in [4.78, 5) is 2.37. The molecule has 0 aliphatic carbocycles. The molecule has 0 spiro atoms. The maximum Gasteiger partial charge on any atom is 0.104 e. The van der Waals surface area contributed by atoms with Gasteiger partial charge in [0.1, 0.15) is 4.60 Å². The molecule has 0 bridgehead atoms. The molecular weight excluding hydrogens is 230 g/mol. The molecule has 0 unspecified atom stereocenters. The minimum Gasteiger partial charge on any atom is -0.306 e. The summed E-state index contributed by atoms with van der Waals surface area (Å²) in [5.74, 6) is 0. The van der Waals surface area contributed by atoms with Gasteiger partial charge in [0.2, 0.25) is 0 Å². The topological polar surface area (TPSA) is 21.1 Å². The van der Waals surface area contributed by atoms with Crippen molar-refractivity contribution in [2.75, 3.05) is 20.1 Å². The largest absolute Gasteiger partial charge is 0.306 e. The van der Waals surface area contributed by atoms with Gasteiger partial charge in [-0.2, -0.15) is 5.10 Å². The van der Waals surface area contributed by atoms with Crippen molar-refractivity contribution in [2.45, 2.75) is 18.9 Å². The van der Waals surface area contributed by atoms with E-state index >= 15 is 0 Å². The first-order valence-electron chi connectivity index (χ1n) is 4.65. The molecule has 1 aliphatic rings. The fraction of sp³-hybridized carbons (Fsp3) is 0.667. The monoisotopic (exact) mass is 243 g/mol. The zero-order valence-corrected chi connectivity index (χ0v) is 9.37. The fourth-order valence-electron chi connectivity index (χ4n) is 1.81. The van der Waals surface area contributed by atoms with Gasteiger partial charge in [-0.25, -0.2) is 0 Å². The molecule has 1 fully saturated rings.